The van der Waals surface area contributed by atoms with Crippen molar-refractivity contribution in [2.45, 2.75) is 30.6 Å². The molecule has 0 atom stereocenters. The van der Waals surface area contributed by atoms with Gasteiger partial charge in [-0.15, -0.1) is 0 Å². The molecule has 1 aromatic carbocycles. The van der Waals surface area contributed by atoms with Gasteiger partial charge in [0.2, 0.25) is 10.0 Å². The molecule has 1 rings (SSSR count). The number of para-hydroxylation sites is 1. The zero-order chi connectivity index (χ0) is 16.1. The van der Waals surface area contributed by atoms with Crippen LogP contribution in [0.3, 0.4) is 0 Å². The van der Waals surface area contributed by atoms with Crippen molar-refractivity contribution in [2.24, 2.45) is 0 Å². The summed E-state index contributed by atoms with van der Waals surface area (Å²) in [5, 5.41) is 2.83. The lowest BCUT2D eigenvalue weighted by Gasteiger charge is -2.17. The van der Waals surface area contributed by atoms with E-state index in [0.717, 1.165) is 6.42 Å². The minimum atomic E-state index is -4.42. The van der Waals surface area contributed by atoms with Crippen LogP contribution in [0.1, 0.15) is 13.3 Å². The average molecular weight is 328 g/mol. The maximum absolute atomic E-state index is 12.8. The quantitative estimate of drug-likeness (QED) is 0.722. The molecule has 120 valence electrons. The highest BCUT2D eigenvalue weighted by atomic mass is 32.2. The van der Waals surface area contributed by atoms with Crippen molar-refractivity contribution in [1.29, 1.82) is 0 Å². The van der Waals surface area contributed by atoms with Gasteiger partial charge in [-0.05, 0) is 18.6 Å². The van der Waals surface area contributed by atoms with Crippen LogP contribution >= 0.6 is 0 Å². The summed E-state index contributed by atoms with van der Waals surface area (Å²) < 4.78 is 75.1. The highest BCUT2D eigenvalue weighted by Crippen LogP contribution is 2.24. The number of benzene rings is 1. The van der Waals surface area contributed by atoms with E-state index >= 15 is 0 Å². The molecule has 0 heterocycles. The Morgan fingerprint density at radius 2 is 1.86 bits per heavy atom. The van der Waals surface area contributed by atoms with Crippen LogP contribution in [0.4, 0.5) is 23.2 Å². The van der Waals surface area contributed by atoms with E-state index in [9.17, 15) is 26.0 Å². The first-order valence-electron chi connectivity index (χ1n) is 6.19. The summed E-state index contributed by atoms with van der Waals surface area (Å²) in [5.74, 6) is -4.42. The molecule has 0 radical (unpaired) electrons. The predicted molar refractivity (Wildman–Crippen MR) is 71.4 cm³/mol. The van der Waals surface area contributed by atoms with Gasteiger partial charge >= 0.3 is 12.3 Å². The third-order valence-electron chi connectivity index (χ3n) is 2.56. The zero-order valence-electron chi connectivity index (χ0n) is 11.2. The van der Waals surface area contributed by atoms with Gasteiger partial charge in [-0.3, -0.25) is 0 Å². The van der Waals surface area contributed by atoms with Gasteiger partial charge in [-0.2, -0.15) is 8.78 Å². The lowest BCUT2D eigenvalue weighted by molar-refractivity contribution is -0.122. The SMILES string of the molecule is CCCNc1ccccc1S(=O)(=O)NCC(F)(F)C(F)F. The van der Waals surface area contributed by atoms with Gasteiger partial charge in [0.1, 0.15) is 4.90 Å². The molecule has 2 N–H and O–H groups in total. The van der Waals surface area contributed by atoms with E-state index in [1.807, 2.05) is 6.92 Å². The Balaban J connectivity index is 2.93. The second-order valence-electron chi connectivity index (χ2n) is 4.31. The maximum atomic E-state index is 12.8. The fourth-order valence-corrected chi connectivity index (χ4v) is 2.68. The second kappa shape index (κ2) is 7.08. The van der Waals surface area contributed by atoms with Crippen molar-refractivity contribution < 1.29 is 26.0 Å². The monoisotopic (exact) mass is 328 g/mol. The van der Waals surface area contributed by atoms with Crippen LogP contribution in [0, 0.1) is 0 Å². The summed E-state index contributed by atoms with van der Waals surface area (Å²) in [4.78, 5) is -0.261. The molecule has 21 heavy (non-hydrogen) atoms. The summed E-state index contributed by atoms with van der Waals surface area (Å²) in [6.07, 6.45) is -3.21. The van der Waals surface area contributed by atoms with Crippen molar-refractivity contribution in [3.05, 3.63) is 24.3 Å². The van der Waals surface area contributed by atoms with Gasteiger partial charge in [0.05, 0.1) is 12.2 Å². The first-order valence-corrected chi connectivity index (χ1v) is 7.67. The van der Waals surface area contributed by atoms with Gasteiger partial charge in [-0.25, -0.2) is 21.9 Å². The molecule has 9 heteroatoms. The van der Waals surface area contributed by atoms with Crippen molar-refractivity contribution in [3.8, 4) is 0 Å². The Morgan fingerprint density at radius 1 is 1.24 bits per heavy atom. The van der Waals surface area contributed by atoms with Gasteiger partial charge in [0, 0.05) is 6.54 Å². The van der Waals surface area contributed by atoms with Gasteiger partial charge in [-0.1, -0.05) is 19.1 Å². The van der Waals surface area contributed by atoms with Gasteiger partial charge in [0.15, 0.2) is 0 Å². The lowest BCUT2D eigenvalue weighted by Crippen LogP contribution is -2.41. The summed E-state index contributed by atoms with van der Waals surface area (Å²) in [7, 11) is -4.31. The number of hydrogen-bond acceptors (Lipinski definition) is 3. The van der Waals surface area contributed by atoms with E-state index in [1.165, 1.54) is 22.9 Å². The van der Waals surface area contributed by atoms with Crippen LogP contribution < -0.4 is 10.0 Å². The minimum Gasteiger partial charge on any atom is -0.384 e. The van der Waals surface area contributed by atoms with Crippen molar-refractivity contribution in [1.82, 2.24) is 4.72 Å². The molecule has 1 aromatic rings. The van der Waals surface area contributed by atoms with E-state index < -0.39 is 28.9 Å². The van der Waals surface area contributed by atoms with Crippen molar-refractivity contribution >= 4 is 15.7 Å². The molecule has 4 nitrogen and oxygen atoms in total. The molecular formula is C12H16F4N2O2S. The molecule has 0 fully saturated rings. The van der Waals surface area contributed by atoms with E-state index in [0.29, 0.717) is 6.54 Å². The van der Waals surface area contributed by atoms with E-state index in [1.54, 1.807) is 6.07 Å². The molecule has 0 aliphatic heterocycles. The van der Waals surface area contributed by atoms with Crippen LogP contribution in [0.5, 0.6) is 0 Å². The van der Waals surface area contributed by atoms with Crippen LogP contribution in [-0.4, -0.2) is 33.9 Å². The molecule has 0 aliphatic rings. The third-order valence-corrected chi connectivity index (χ3v) is 4.02. The molecule has 0 spiro atoms. The second-order valence-corrected chi connectivity index (χ2v) is 6.04. The van der Waals surface area contributed by atoms with E-state index in [4.69, 9.17) is 0 Å². The summed E-state index contributed by atoms with van der Waals surface area (Å²) in [6.45, 7) is 0.695. The molecule has 0 aliphatic carbocycles. The Kier molecular flexibility index (Phi) is 5.97. The largest absolute Gasteiger partial charge is 0.384 e. The number of halogens is 4. The standard InChI is InChI=1S/C12H16F4N2O2S/c1-2-7-17-9-5-3-4-6-10(9)21(19,20)18-8-12(15,16)11(13)14/h3-6,11,17-18H,2,7-8H2,1H3. The smallest absolute Gasteiger partial charge is 0.320 e. The van der Waals surface area contributed by atoms with Gasteiger partial charge < -0.3 is 5.32 Å². The third kappa shape index (κ3) is 4.85. The molecule has 0 saturated heterocycles. The number of nitrogens with one attached hydrogen (secondary N) is 2. The number of sulfonamides is 1. The normalized spacial score (nSPS) is 12.7. The van der Waals surface area contributed by atoms with E-state index in [-0.39, 0.29) is 10.6 Å². The maximum Gasteiger partial charge on any atom is 0.320 e. The average Bonchev–Trinajstić information content (AvgIpc) is 2.43. The van der Waals surface area contributed by atoms with Crippen LogP contribution in [0.2, 0.25) is 0 Å². The number of hydrogen-bond donors (Lipinski definition) is 2. The molecule has 0 unspecified atom stereocenters. The molecular weight excluding hydrogens is 312 g/mol. The Bertz CT molecular complexity index is 564. The van der Waals surface area contributed by atoms with Crippen LogP contribution in [0.15, 0.2) is 29.2 Å². The Hall–Kier alpha value is -1.35. The lowest BCUT2D eigenvalue weighted by atomic mass is 10.3. The minimum absolute atomic E-state index is 0.229. The summed E-state index contributed by atoms with van der Waals surface area (Å²) in [5.41, 5.74) is 0.229. The molecule has 0 saturated carbocycles. The summed E-state index contributed by atoms with van der Waals surface area (Å²) >= 11 is 0. The number of alkyl halides is 4. The van der Waals surface area contributed by atoms with Gasteiger partial charge in [0.25, 0.3) is 0 Å². The first kappa shape index (κ1) is 17.7. The van der Waals surface area contributed by atoms with Crippen molar-refractivity contribution in [2.75, 3.05) is 18.4 Å². The van der Waals surface area contributed by atoms with Crippen molar-refractivity contribution in [3.63, 3.8) is 0 Å². The molecule has 0 aromatic heterocycles. The fraction of sp³-hybridized carbons (Fsp3) is 0.500. The number of rotatable bonds is 8. The molecule has 0 bridgehead atoms. The Morgan fingerprint density at radius 3 is 2.43 bits per heavy atom. The highest BCUT2D eigenvalue weighted by molar-refractivity contribution is 7.89. The highest BCUT2D eigenvalue weighted by Gasteiger charge is 2.41. The number of anilines is 1. The van der Waals surface area contributed by atoms with Crippen LogP contribution in [-0.2, 0) is 10.0 Å². The van der Waals surface area contributed by atoms with Crippen LogP contribution in [0.25, 0.3) is 0 Å². The van der Waals surface area contributed by atoms with E-state index in [2.05, 4.69) is 5.32 Å². The zero-order valence-corrected chi connectivity index (χ0v) is 12.1. The fourth-order valence-electron chi connectivity index (χ4n) is 1.45. The topological polar surface area (TPSA) is 58.2 Å². The predicted octanol–water partition coefficient (Wildman–Crippen LogP) is 2.69. The Labute approximate surface area is 120 Å². The first-order chi connectivity index (χ1) is 9.70. The molecule has 0 amide bonds. The summed E-state index contributed by atoms with van der Waals surface area (Å²) in [6, 6.07) is 5.66.